The van der Waals surface area contributed by atoms with Gasteiger partial charge in [-0.3, -0.25) is 4.79 Å². The molecule has 0 amide bonds. The average Bonchev–Trinajstić information content (AvgIpc) is 2.34. The van der Waals surface area contributed by atoms with Crippen molar-refractivity contribution in [3.05, 3.63) is 58.3 Å². The van der Waals surface area contributed by atoms with E-state index in [4.69, 9.17) is 5.11 Å². The Bertz CT molecular complexity index is 644. The highest BCUT2D eigenvalue weighted by Crippen LogP contribution is 2.32. The van der Waals surface area contributed by atoms with Crippen LogP contribution in [-0.4, -0.2) is 15.6 Å². The van der Waals surface area contributed by atoms with E-state index in [0.29, 0.717) is 0 Å². The number of hydrogen-bond donors (Lipinski definition) is 1. The summed E-state index contributed by atoms with van der Waals surface area (Å²) in [6.45, 7) is 3.55. The SMILES string of the molecule is CC1C=C(F)C=CC1(C)n1cccc(C(=O)O)c1=O. The Labute approximate surface area is 109 Å². The van der Waals surface area contributed by atoms with Crippen LogP contribution in [0.1, 0.15) is 24.2 Å². The lowest BCUT2D eigenvalue weighted by molar-refractivity contribution is 0.0693. The number of allylic oxidation sites excluding steroid dienone is 4. The average molecular weight is 263 g/mol. The molecular weight excluding hydrogens is 249 g/mol. The Morgan fingerprint density at radius 3 is 2.79 bits per heavy atom. The smallest absolute Gasteiger partial charge is 0.341 e. The second-order valence-corrected chi connectivity index (χ2v) is 4.80. The minimum atomic E-state index is -1.27. The van der Waals surface area contributed by atoms with Crippen molar-refractivity contribution in [2.24, 2.45) is 5.92 Å². The third-order valence-corrected chi connectivity index (χ3v) is 3.61. The Morgan fingerprint density at radius 1 is 1.53 bits per heavy atom. The maximum atomic E-state index is 13.2. The van der Waals surface area contributed by atoms with Crippen molar-refractivity contribution in [2.75, 3.05) is 0 Å². The van der Waals surface area contributed by atoms with Gasteiger partial charge in [0.25, 0.3) is 5.56 Å². The molecule has 1 aromatic rings. The van der Waals surface area contributed by atoms with E-state index in [1.807, 2.05) is 0 Å². The topological polar surface area (TPSA) is 59.3 Å². The summed E-state index contributed by atoms with van der Waals surface area (Å²) in [4.78, 5) is 23.2. The Morgan fingerprint density at radius 2 is 2.21 bits per heavy atom. The van der Waals surface area contributed by atoms with E-state index in [2.05, 4.69) is 0 Å². The number of carboxylic acids is 1. The lowest BCUT2D eigenvalue weighted by Crippen LogP contribution is -2.43. The van der Waals surface area contributed by atoms with E-state index in [-0.39, 0.29) is 17.3 Å². The molecule has 2 rings (SSSR count). The molecule has 0 spiro atoms. The fourth-order valence-electron chi connectivity index (χ4n) is 2.20. The number of aromatic nitrogens is 1. The molecule has 1 heterocycles. The van der Waals surface area contributed by atoms with Crippen LogP contribution in [0, 0.1) is 5.92 Å². The summed E-state index contributed by atoms with van der Waals surface area (Å²) in [7, 11) is 0. The molecule has 0 aromatic carbocycles. The normalized spacial score (nSPS) is 26.1. The zero-order chi connectivity index (χ0) is 14.2. The van der Waals surface area contributed by atoms with Gasteiger partial charge in [-0.15, -0.1) is 0 Å². The molecule has 1 aliphatic rings. The zero-order valence-corrected chi connectivity index (χ0v) is 10.6. The Kier molecular flexibility index (Phi) is 3.14. The Balaban J connectivity index is 2.61. The first-order chi connectivity index (χ1) is 8.86. The summed E-state index contributed by atoms with van der Waals surface area (Å²) in [5.41, 5.74) is -1.66. The predicted molar refractivity (Wildman–Crippen MR) is 68.8 cm³/mol. The number of carbonyl (C=O) groups is 1. The molecule has 1 aliphatic carbocycles. The number of pyridine rings is 1. The highest BCUT2D eigenvalue weighted by molar-refractivity contribution is 5.87. The fourth-order valence-corrected chi connectivity index (χ4v) is 2.20. The van der Waals surface area contributed by atoms with Gasteiger partial charge in [-0.1, -0.05) is 13.0 Å². The first-order valence-electron chi connectivity index (χ1n) is 5.88. The molecule has 1 aromatic heterocycles. The minimum Gasteiger partial charge on any atom is -0.477 e. The van der Waals surface area contributed by atoms with E-state index < -0.39 is 17.1 Å². The molecule has 2 atom stereocenters. The molecule has 2 unspecified atom stereocenters. The molecule has 1 N–H and O–H groups in total. The van der Waals surface area contributed by atoms with Crippen LogP contribution < -0.4 is 5.56 Å². The van der Waals surface area contributed by atoms with E-state index in [1.165, 1.54) is 35.0 Å². The molecule has 0 saturated carbocycles. The van der Waals surface area contributed by atoms with Gasteiger partial charge in [0, 0.05) is 12.1 Å². The first-order valence-corrected chi connectivity index (χ1v) is 5.88. The van der Waals surface area contributed by atoms with Gasteiger partial charge < -0.3 is 9.67 Å². The molecule has 0 bridgehead atoms. The van der Waals surface area contributed by atoms with Gasteiger partial charge in [0.05, 0.1) is 5.54 Å². The van der Waals surface area contributed by atoms with Crippen molar-refractivity contribution in [3.8, 4) is 0 Å². The highest BCUT2D eigenvalue weighted by atomic mass is 19.1. The van der Waals surface area contributed by atoms with Crippen molar-refractivity contribution >= 4 is 5.97 Å². The van der Waals surface area contributed by atoms with E-state index >= 15 is 0 Å². The summed E-state index contributed by atoms with van der Waals surface area (Å²) < 4.78 is 14.5. The zero-order valence-electron chi connectivity index (χ0n) is 10.6. The van der Waals surface area contributed by atoms with Crippen LogP contribution in [0.4, 0.5) is 4.39 Å². The van der Waals surface area contributed by atoms with Gasteiger partial charge in [0.15, 0.2) is 0 Å². The standard InChI is InChI=1S/C14H14FNO3/c1-9-8-10(15)5-6-14(9,2)16-7-3-4-11(12(16)17)13(18)19/h3-9H,1-2H3,(H,18,19). The highest BCUT2D eigenvalue weighted by Gasteiger charge is 2.33. The van der Waals surface area contributed by atoms with Gasteiger partial charge in [-0.05, 0) is 31.2 Å². The molecule has 0 radical (unpaired) electrons. The first kappa shape index (κ1) is 13.3. The van der Waals surface area contributed by atoms with Gasteiger partial charge in [0.2, 0.25) is 0 Å². The summed E-state index contributed by atoms with van der Waals surface area (Å²) >= 11 is 0. The van der Waals surface area contributed by atoms with Gasteiger partial charge in [-0.2, -0.15) is 0 Å². The number of nitrogens with zero attached hydrogens (tertiary/aromatic N) is 1. The van der Waals surface area contributed by atoms with Crippen LogP contribution in [0.5, 0.6) is 0 Å². The van der Waals surface area contributed by atoms with Crippen molar-refractivity contribution < 1.29 is 14.3 Å². The second-order valence-electron chi connectivity index (χ2n) is 4.80. The number of hydrogen-bond acceptors (Lipinski definition) is 2. The van der Waals surface area contributed by atoms with Crippen LogP contribution in [0.15, 0.2) is 47.2 Å². The summed E-state index contributed by atoms with van der Waals surface area (Å²) in [5, 5.41) is 8.98. The third-order valence-electron chi connectivity index (χ3n) is 3.61. The number of aromatic carboxylic acids is 1. The second kappa shape index (κ2) is 4.50. The molecular formula is C14H14FNO3. The van der Waals surface area contributed by atoms with Crippen molar-refractivity contribution in [1.82, 2.24) is 4.57 Å². The third kappa shape index (κ3) is 2.12. The molecule has 100 valence electrons. The van der Waals surface area contributed by atoms with Gasteiger partial charge in [0.1, 0.15) is 11.4 Å². The van der Waals surface area contributed by atoms with Gasteiger partial charge in [-0.25, -0.2) is 9.18 Å². The Hall–Kier alpha value is -2.17. The van der Waals surface area contributed by atoms with E-state index in [1.54, 1.807) is 19.9 Å². The van der Waals surface area contributed by atoms with Crippen LogP contribution >= 0.6 is 0 Å². The molecule has 0 fully saturated rings. The van der Waals surface area contributed by atoms with Crippen LogP contribution in [0.2, 0.25) is 0 Å². The largest absolute Gasteiger partial charge is 0.477 e. The quantitative estimate of drug-likeness (QED) is 0.890. The summed E-state index contributed by atoms with van der Waals surface area (Å²) in [5.74, 6) is -1.89. The maximum Gasteiger partial charge on any atom is 0.341 e. The van der Waals surface area contributed by atoms with E-state index in [9.17, 15) is 14.0 Å². The lowest BCUT2D eigenvalue weighted by atomic mass is 9.82. The van der Waals surface area contributed by atoms with E-state index in [0.717, 1.165) is 0 Å². The minimum absolute atomic E-state index is 0.265. The number of rotatable bonds is 2. The van der Waals surface area contributed by atoms with Crippen molar-refractivity contribution in [1.29, 1.82) is 0 Å². The maximum absolute atomic E-state index is 13.2. The molecule has 0 aliphatic heterocycles. The fraction of sp³-hybridized carbons (Fsp3) is 0.286. The van der Waals surface area contributed by atoms with Crippen molar-refractivity contribution in [3.63, 3.8) is 0 Å². The summed E-state index contributed by atoms with van der Waals surface area (Å²) in [6.07, 6.45) is 5.81. The predicted octanol–water partition coefficient (Wildman–Crippen LogP) is 2.32. The van der Waals surface area contributed by atoms with Crippen LogP contribution in [-0.2, 0) is 5.54 Å². The van der Waals surface area contributed by atoms with Crippen LogP contribution in [0.3, 0.4) is 0 Å². The molecule has 0 saturated heterocycles. The number of halogens is 1. The summed E-state index contributed by atoms with van der Waals surface area (Å²) in [6, 6.07) is 2.77. The molecule has 4 nitrogen and oxygen atoms in total. The lowest BCUT2D eigenvalue weighted by Gasteiger charge is -2.35. The molecule has 5 heteroatoms. The van der Waals surface area contributed by atoms with Crippen LogP contribution in [0.25, 0.3) is 0 Å². The van der Waals surface area contributed by atoms with Gasteiger partial charge >= 0.3 is 5.97 Å². The molecule has 19 heavy (non-hydrogen) atoms. The van der Waals surface area contributed by atoms with Crippen molar-refractivity contribution in [2.45, 2.75) is 19.4 Å². The number of carboxylic acid groups (broad SMARTS) is 1. The monoisotopic (exact) mass is 263 g/mol.